The molecule has 1 unspecified atom stereocenters. The van der Waals surface area contributed by atoms with Gasteiger partial charge in [-0.25, -0.2) is 14.6 Å². The van der Waals surface area contributed by atoms with E-state index in [2.05, 4.69) is 15.6 Å². The number of thioether (sulfide) groups is 2. The minimum Gasteiger partial charge on any atom is -0.481 e. The van der Waals surface area contributed by atoms with E-state index < -0.39 is 58.7 Å². The molecule has 1 aromatic heterocycles. The third-order valence-corrected chi connectivity index (χ3v) is 12.6. The summed E-state index contributed by atoms with van der Waals surface area (Å²) in [6.45, 7) is 1.73. The first-order valence-corrected chi connectivity index (χ1v) is 19.1. The number of fused-ring (bicyclic) bond motifs is 1. The van der Waals surface area contributed by atoms with Crippen molar-refractivity contribution in [3.05, 3.63) is 93.6 Å². The molecular weight excluding hydrogens is 763 g/mol. The Hall–Kier alpha value is -5.28. The number of aromatic nitrogens is 1. The maximum Gasteiger partial charge on any atom is 0.352 e. The number of imide groups is 1. The average Bonchev–Trinajstić information content (AvgIpc) is 3.51. The predicted octanol–water partition coefficient (Wildman–Crippen LogP) is 1.54. The summed E-state index contributed by atoms with van der Waals surface area (Å²) in [5, 5.41) is 33.5. The zero-order chi connectivity index (χ0) is 38.7. The van der Waals surface area contributed by atoms with Crippen LogP contribution in [-0.2, 0) is 41.7 Å². The molecule has 3 aromatic rings. The van der Waals surface area contributed by atoms with Gasteiger partial charge in [0.05, 0.1) is 12.1 Å². The molecule has 0 aliphatic carbocycles. The summed E-state index contributed by atoms with van der Waals surface area (Å²) >= 11 is 3.44. The quantitative estimate of drug-likeness (QED) is 0.0473. The van der Waals surface area contributed by atoms with Crippen molar-refractivity contribution in [1.82, 2.24) is 35.8 Å². The van der Waals surface area contributed by atoms with Gasteiger partial charge in [0.2, 0.25) is 11.6 Å². The fourth-order valence-corrected chi connectivity index (χ4v) is 9.90. The van der Waals surface area contributed by atoms with E-state index in [1.54, 1.807) is 49.4 Å². The zero-order valence-electron chi connectivity index (χ0n) is 28.4. The Bertz CT molecular complexity index is 2050. The summed E-state index contributed by atoms with van der Waals surface area (Å²) in [5.74, 6) is -6.19. The molecule has 0 radical (unpaired) electrons. The van der Waals surface area contributed by atoms with Crippen molar-refractivity contribution >= 4 is 76.5 Å². The summed E-state index contributed by atoms with van der Waals surface area (Å²) in [7, 11) is 0. The second-order valence-corrected chi connectivity index (χ2v) is 15.7. The molecule has 17 nitrogen and oxygen atoms in total. The number of amides is 6. The summed E-state index contributed by atoms with van der Waals surface area (Å²) in [4.78, 5) is 98.9. The number of aryl methyl sites for hydroxylation is 1. The summed E-state index contributed by atoms with van der Waals surface area (Å²) < 4.78 is 0.524. The third-order valence-electron chi connectivity index (χ3n) is 8.84. The number of carbonyl (C=O) groups excluding carboxylic acids is 5. The van der Waals surface area contributed by atoms with E-state index in [1.807, 2.05) is 11.5 Å². The lowest BCUT2D eigenvalue weighted by Crippen LogP contribution is -2.85. The third kappa shape index (κ3) is 7.55. The van der Waals surface area contributed by atoms with Crippen LogP contribution in [0.2, 0.25) is 0 Å². The van der Waals surface area contributed by atoms with E-state index in [4.69, 9.17) is 5.11 Å². The minimum absolute atomic E-state index is 0.0467. The number of thiazole rings is 1. The fourth-order valence-electron chi connectivity index (χ4n) is 6.13. The van der Waals surface area contributed by atoms with Gasteiger partial charge in [-0.3, -0.25) is 33.8 Å². The van der Waals surface area contributed by atoms with Crippen LogP contribution in [0.5, 0.6) is 0 Å². The number of nitrogens with one attached hydrogen (secondary N) is 3. The standard InChI is InChI=1S/C34H33N7O10S3/c1-18-22(14-23(42)43)54-33(35-18)53-17-21-16-52-31-34(38-51,30(49)41(31)25(21)29(47)48)37-26(44)24(20-10-6-3-7-11-20)36-32(50)40-13-12-39(27(45)28(40)46)15-19-8-4-2-5-9-19/h2-11,24,31,38,51H,12-17H2,1H3,(H,36,50)(H,37,44)(H,42,43)(H,47,48)/t24?,31-,34+/m1/s1. The average molecular weight is 796 g/mol. The number of rotatable bonds is 13. The number of hydrogen-bond acceptors (Lipinski definition) is 13. The van der Waals surface area contributed by atoms with Crippen LogP contribution in [0.1, 0.15) is 27.7 Å². The lowest BCUT2D eigenvalue weighted by molar-refractivity contribution is -0.171. The highest BCUT2D eigenvalue weighted by atomic mass is 32.2. The Balaban J connectivity index is 1.17. The van der Waals surface area contributed by atoms with Gasteiger partial charge in [0.15, 0.2) is 4.34 Å². The van der Waals surface area contributed by atoms with Crippen molar-refractivity contribution < 1.29 is 49.0 Å². The number of hydrogen-bond donors (Lipinski definition) is 6. The molecule has 2 fully saturated rings. The molecule has 6 amide bonds. The van der Waals surface area contributed by atoms with Gasteiger partial charge in [-0.05, 0) is 23.6 Å². The van der Waals surface area contributed by atoms with Gasteiger partial charge < -0.3 is 31.0 Å². The Morgan fingerprint density at radius 3 is 2.33 bits per heavy atom. The SMILES string of the molecule is Cc1nc(SCC2=C(C(=O)O)N3C(=O)[C@@](NO)(NC(=O)C(NC(=O)N4CCN(Cc5ccccc5)C(=O)C4=O)c4ccccc4)[C@H]3SC2)sc1CC(=O)O. The Labute approximate surface area is 319 Å². The van der Waals surface area contributed by atoms with Crippen LogP contribution in [0.4, 0.5) is 4.79 Å². The van der Waals surface area contributed by atoms with Crippen molar-refractivity contribution in [3.63, 3.8) is 0 Å². The first kappa shape index (κ1) is 38.4. The Morgan fingerprint density at radius 2 is 1.69 bits per heavy atom. The maximum atomic E-state index is 14.0. The fraction of sp³-hybridized carbons (Fsp3) is 0.294. The van der Waals surface area contributed by atoms with E-state index in [0.717, 1.165) is 22.2 Å². The number of benzene rings is 2. The molecule has 3 atom stereocenters. The van der Waals surface area contributed by atoms with Crippen LogP contribution in [-0.4, -0.2) is 112 Å². The van der Waals surface area contributed by atoms with Crippen molar-refractivity contribution in [3.8, 4) is 0 Å². The van der Waals surface area contributed by atoms with Crippen LogP contribution < -0.4 is 16.1 Å². The molecule has 3 aliphatic heterocycles. The molecule has 2 saturated heterocycles. The number of urea groups is 1. The van der Waals surface area contributed by atoms with Crippen molar-refractivity contribution in [1.29, 1.82) is 0 Å². The van der Waals surface area contributed by atoms with Gasteiger partial charge in [-0.15, -0.1) is 23.1 Å². The number of β-lactam (4-membered cyclic amide) rings is 1. The van der Waals surface area contributed by atoms with E-state index >= 15 is 0 Å². The molecule has 282 valence electrons. The molecular formula is C34H33N7O10S3. The molecule has 0 bridgehead atoms. The second-order valence-electron chi connectivity index (χ2n) is 12.3. The first-order chi connectivity index (χ1) is 25.8. The van der Waals surface area contributed by atoms with Gasteiger partial charge in [0.1, 0.15) is 17.1 Å². The van der Waals surface area contributed by atoms with Gasteiger partial charge in [-0.1, -0.05) is 72.4 Å². The molecule has 0 spiro atoms. The zero-order valence-corrected chi connectivity index (χ0v) is 30.8. The number of hydroxylamine groups is 1. The van der Waals surface area contributed by atoms with E-state index in [9.17, 15) is 43.9 Å². The molecule has 54 heavy (non-hydrogen) atoms. The second kappa shape index (κ2) is 16.0. The summed E-state index contributed by atoms with van der Waals surface area (Å²) in [6, 6.07) is 14.3. The van der Waals surface area contributed by atoms with Crippen LogP contribution in [0.25, 0.3) is 0 Å². The molecule has 6 rings (SSSR count). The smallest absolute Gasteiger partial charge is 0.352 e. The van der Waals surface area contributed by atoms with Crippen molar-refractivity contribution in [2.24, 2.45) is 0 Å². The number of carbonyl (C=O) groups is 7. The van der Waals surface area contributed by atoms with Crippen LogP contribution in [0, 0.1) is 6.92 Å². The van der Waals surface area contributed by atoms with Gasteiger partial charge in [0, 0.05) is 36.0 Å². The lowest BCUT2D eigenvalue weighted by atomic mass is 9.94. The van der Waals surface area contributed by atoms with Crippen LogP contribution in [0.15, 0.2) is 76.3 Å². The number of nitrogens with zero attached hydrogens (tertiary/aromatic N) is 4. The Morgan fingerprint density at radius 1 is 1.00 bits per heavy atom. The van der Waals surface area contributed by atoms with Crippen LogP contribution in [0.3, 0.4) is 0 Å². The number of piperazine rings is 1. The predicted molar refractivity (Wildman–Crippen MR) is 194 cm³/mol. The molecule has 4 heterocycles. The maximum absolute atomic E-state index is 14.0. The number of carboxylic acid groups (broad SMARTS) is 2. The molecule has 6 N–H and O–H groups in total. The van der Waals surface area contributed by atoms with Crippen molar-refractivity contribution in [2.45, 2.75) is 41.3 Å². The van der Waals surface area contributed by atoms with Gasteiger partial charge in [-0.2, -0.15) is 5.48 Å². The minimum atomic E-state index is -2.20. The highest BCUT2D eigenvalue weighted by molar-refractivity contribution is 8.01. The molecule has 0 saturated carbocycles. The summed E-state index contributed by atoms with van der Waals surface area (Å²) in [5.41, 5.74) is 1.28. The highest BCUT2D eigenvalue weighted by Crippen LogP contribution is 2.46. The normalized spacial score (nSPS) is 20.3. The van der Waals surface area contributed by atoms with Crippen LogP contribution >= 0.6 is 34.9 Å². The Kier molecular flexibility index (Phi) is 11.4. The molecule has 3 aliphatic rings. The number of aliphatic carboxylic acids is 2. The number of carboxylic acids is 2. The van der Waals surface area contributed by atoms with Gasteiger partial charge in [0.25, 0.3) is 5.91 Å². The van der Waals surface area contributed by atoms with E-state index in [0.29, 0.717) is 25.4 Å². The molecule has 2 aromatic carbocycles. The molecule has 20 heteroatoms. The first-order valence-electron chi connectivity index (χ1n) is 16.3. The largest absolute Gasteiger partial charge is 0.481 e. The van der Waals surface area contributed by atoms with E-state index in [1.165, 1.54) is 40.1 Å². The van der Waals surface area contributed by atoms with Crippen molar-refractivity contribution in [2.75, 3.05) is 24.6 Å². The lowest BCUT2D eigenvalue weighted by Gasteiger charge is -2.56. The topological polar surface area (TPSA) is 239 Å². The monoisotopic (exact) mass is 795 g/mol. The van der Waals surface area contributed by atoms with E-state index in [-0.39, 0.29) is 48.8 Å². The van der Waals surface area contributed by atoms with Gasteiger partial charge >= 0.3 is 29.8 Å². The highest BCUT2D eigenvalue weighted by Gasteiger charge is 2.66. The summed E-state index contributed by atoms with van der Waals surface area (Å²) in [6.07, 6.45) is -0.201.